The minimum absolute atomic E-state index is 0.0602. The third kappa shape index (κ3) is 2.64. The van der Waals surface area contributed by atoms with Crippen molar-refractivity contribution in [2.45, 2.75) is 45.4 Å². The molecule has 1 fully saturated rings. The predicted molar refractivity (Wildman–Crippen MR) is 59.4 cm³/mol. The van der Waals surface area contributed by atoms with Gasteiger partial charge in [0.25, 0.3) is 0 Å². The fraction of sp³-hybridized carbons (Fsp3) is 0.727. The zero-order chi connectivity index (χ0) is 11.1. The Morgan fingerprint density at radius 3 is 2.40 bits per heavy atom. The first-order valence-corrected chi connectivity index (χ1v) is 5.46. The molecule has 0 spiro atoms. The Morgan fingerprint density at radius 1 is 1.20 bits per heavy atom. The van der Waals surface area contributed by atoms with E-state index in [0.717, 1.165) is 24.0 Å². The van der Waals surface area contributed by atoms with Crippen molar-refractivity contribution in [2.75, 3.05) is 5.73 Å². The fourth-order valence-electron chi connectivity index (χ4n) is 1.44. The highest BCUT2D eigenvalue weighted by Crippen LogP contribution is 2.32. The van der Waals surface area contributed by atoms with Crippen molar-refractivity contribution in [3.8, 4) is 0 Å². The third-order valence-electron chi connectivity index (χ3n) is 2.54. The van der Waals surface area contributed by atoms with Gasteiger partial charge in [0.1, 0.15) is 11.6 Å². The molecule has 82 valence electrons. The Labute approximate surface area is 90.3 Å². The molecule has 0 amide bonds. The van der Waals surface area contributed by atoms with Crippen LogP contribution in [0.25, 0.3) is 0 Å². The summed E-state index contributed by atoms with van der Waals surface area (Å²) in [6.45, 7) is 6.26. The summed E-state index contributed by atoms with van der Waals surface area (Å²) in [5, 5.41) is 0. The average molecular weight is 206 g/mol. The molecule has 0 aliphatic heterocycles. The number of nitrogens with zero attached hydrogens (tertiary/aromatic N) is 3. The number of anilines is 1. The van der Waals surface area contributed by atoms with Crippen molar-refractivity contribution >= 4 is 5.95 Å². The maximum absolute atomic E-state index is 5.69. The fourth-order valence-corrected chi connectivity index (χ4v) is 1.44. The number of nitrogen functional groups attached to an aromatic ring is 1. The van der Waals surface area contributed by atoms with Gasteiger partial charge in [0.15, 0.2) is 0 Å². The molecule has 0 atom stereocenters. The second-order valence-electron chi connectivity index (χ2n) is 5.33. The number of aromatic nitrogens is 3. The van der Waals surface area contributed by atoms with E-state index in [1.807, 2.05) is 0 Å². The minimum atomic E-state index is -0.0602. The van der Waals surface area contributed by atoms with Crippen LogP contribution in [0.5, 0.6) is 0 Å². The molecule has 0 bridgehead atoms. The van der Waals surface area contributed by atoms with Crippen LogP contribution in [0, 0.1) is 5.92 Å². The lowest BCUT2D eigenvalue weighted by atomic mass is 9.96. The molecule has 0 radical (unpaired) electrons. The first kappa shape index (κ1) is 10.3. The van der Waals surface area contributed by atoms with Crippen LogP contribution in [-0.2, 0) is 11.8 Å². The van der Waals surface area contributed by atoms with Crippen LogP contribution in [0.2, 0.25) is 0 Å². The highest BCUT2D eigenvalue weighted by molar-refractivity contribution is 5.19. The van der Waals surface area contributed by atoms with Gasteiger partial charge in [0.2, 0.25) is 5.95 Å². The smallest absolute Gasteiger partial charge is 0.223 e. The summed E-state index contributed by atoms with van der Waals surface area (Å²) in [6.07, 6.45) is 3.56. The highest BCUT2D eigenvalue weighted by Gasteiger charge is 2.25. The van der Waals surface area contributed by atoms with Gasteiger partial charge in [-0.2, -0.15) is 9.97 Å². The zero-order valence-electron chi connectivity index (χ0n) is 9.62. The number of hydrogen-bond donors (Lipinski definition) is 1. The van der Waals surface area contributed by atoms with Crippen molar-refractivity contribution in [2.24, 2.45) is 5.92 Å². The summed E-state index contributed by atoms with van der Waals surface area (Å²) in [4.78, 5) is 12.9. The SMILES string of the molecule is CC(C)(C)c1nc(N)nc(CC2CC2)n1. The molecule has 0 aromatic carbocycles. The number of rotatable bonds is 2. The molecule has 0 unspecified atom stereocenters. The van der Waals surface area contributed by atoms with E-state index >= 15 is 0 Å². The van der Waals surface area contributed by atoms with E-state index in [-0.39, 0.29) is 5.41 Å². The monoisotopic (exact) mass is 206 g/mol. The summed E-state index contributed by atoms with van der Waals surface area (Å²) in [5.41, 5.74) is 5.63. The first-order valence-electron chi connectivity index (χ1n) is 5.46. The van der Waals surface area contributed by atoms with Crippen molar-refractivity contribution in [1.29, 1.82) is 0 Å². The summed E-state index contributed by atoms with van der Waals surface area (Å²) >= 11 is 0. The topological polar surface area (TPSA) is 64.7 Å². The largest absolute Gasteiger partial charge is 0.368 e. The van der Waals surface area contributed by atoms with E-state index in [2.05, 4.69) is 35.7 Å². The van der Waals surface area contributed by atoms with E-state index in [4.69, 9.17) is 5.73 Å². The van der Waals surface area contributed by atoms with Gasteiger partial charge in [-0.15, -0.1) is 0 Å². The normalized spacial score (nSPS) is 16.7. The molecular formula is C11H18N4. The second kappa shape index (κ2) is 3.43. The molecule has 1 aromatic heterocycles. The number of hydrogen-bond acceptors (Lipinski definition) is 4. The average Bonchev–Trinajstić information content (AvgIpc) is 2.85. The van der Waals surface area contributed by atoms with Crippen molar-refractivity contribution in [1.82, 2.24) is 15.0 Å². The molecule has 1 aliphatic rings. The lowest BCUT2D eigenvalue weighted by Crippen LogP contribution is -2.19. The van der Waals surface area contributed by atoms with E-state index < -0.39 is 0 Å². The van der Waals surface area contributed by atoms with Crippen LogP contribution >= 0.6 is 0 Å². The summed E-state index contributed by atoms with van der Waals surface area (Å²) in [6, 6.07) is 0. The molecule has 1 heterocycles. The summed E-state index contributed by atoms with van der Waals surface area (Å²) in [7, 11) is 0. The van der Waals surface area contributed by atoms with Crippen LogP contribution in [0.4, 0.5) is 5.95 Å². The van der Waals surface area contributed by atoms with E-state index in [0.29, 0.717) is 5.95 Å². The van der Waals surface area contributed by atoms with Gasteiger partial charge in [0.05, 0.1) is 0 Å². The number of nitrogens with two attached hydrogens (primary N) is 1. The summed E-state index contributed by atoms with van der Waals surface area (Å²) in [5.74, 6) is 2.78. The van der Waals surface area contributed by atoms with Crippen LogP contribution in [0.15, 0.2) is 0 Å². The highest BCUT2D eigenvalue weighted by atomic mass is 15.1. The molecule has 1 aliphatic carbocycles. The van der Waals surface area contributed by atoms with Gasteiger partial charge in [-0.1, -0.05) is 20.8 Å². The lowest BCUT2D eigenvalue weighted by molar-refractivity contribution is 0.535. The molecule has 1 saturated carbocycles. The Hall–Kier alpha value is -1.19. The molecule has 15 heavy (non-hydrogen) atoms. The van der Waals surface area contributed by atoms with Crippen LogP contribution < -0.4 is 5.73 Å². The third-order valence-corrected chi connectivity index (χ3v) is 2.54. The minimum Gasteiger partial charge on any atom is -0.368 e. The standard InChI is InChI=1S/C11H18N4/c1-11(2,3)9-13-8(6-7-4-5-7)14-10(12)15-9/h7H,4-6H2,1-3H3,(H2,12,13,14,15). The molecule has 2 N–H and O–H groups in total. The van der Waals surface area contributed by atoms with E-state index in [1.54, 1.807) is 0 Å². The molecule has 4 nitrogen and oxygen atoms in total. The van der Waals surface area contributed by atoms with Crippen molar-refractivity contribution in [3.63, 3.8) is 0 Å². The molecule has 2 rings (SSSR count). The van der Waals surface area contributed by atoms with Crippen LogP contribution in [0.1, 0.15) is 45.3 Å². The Morgan fingerprint density at radius 2 is 1.87 bits per heavy atom. The Kier molecular flexibility index (Phi) is 2.37. The first-order chi connectivity index (χ1) is 6.95. The lowest BCUT2D eigenvalue weighted by Gasteiger charge is -2.17. The van der Waals surface area contributed by atoms with Gasteiger partial charge in [-0.3, -0.25) is 0 Å². The quantitative estimate of drug-likeness (QED) is 0.800. The Balaban J connectivity index is 2.27. The predicted octanol–water partition coefficient (Wildman–Crippen LogP) is 1.70. The van der Waals surface area contributed by atoms with Crippen LogP contribution in [-0.4, -0.2) is 15.0 Å². The molecule has 1 aromatic rings. The van der Waals surface area contributed by atoms with Gasteiger partial charge >= 0.3 is 0 Å². The Bertz CT molecular complexity index is 363. The van der Waals surface area contributed by atoms with Gasteiger partial charge in [-0.05, 0) is 18.8 Å². The van der Waals surface area contributed by atoms with Crippen LogP contribution in [0.3, 0.4) is 0 Å². The molecular weight excluding hydrogens is 188 g/mol. The summed E-state index contributed by atoms with van der Waals surface area (Å²) < 4.78 is 0. The second-order valence-corrected chi connectivity index (χ2v) is 5.33. The van der Waals surface area contributed by atoms with Gasteiger partial charge in [0, 0.05) is 11.8 Å². The van der Waals surface area contributed by atoms with Crippen molar-refractivity contribution < 1.29 is 0 Å². The molecule has 0 saturated heterocycles. The maximum Gasteiger partial charge on any atom is 0.223 e. The zero-order valence-corrected chi connectivity index (χ0v) is 9.62. The van der Waals surface area contributed by atoms with Gasteiger partial charge < -0.3 is 5.73 Å². The molecule has 4 heteroatoms. The van der Waals surface area contributed by atoms with Crippen molar-refractivity contribution in [3.05, 3.63) is 11.6 Å². The van der Waals surface area contributed by atoms with Gasteiger partial charge in [-0.25, -0.2) is 4.98 Å². The van der Waals surface area contributed by atoms with E-state index in [1.165, 1.54) is 12.8 Å². The van der Waals surface area contributed by atoms with E-state index in [9.17, 15) is 0 Å². The maximum atomic E-state index is 5.69.